The Morgan fingerprint density at radius 3 is 2.26 bits per heavy atom. The molecular formula is C63H86ClN5O6S. The molecule has 11 nitrogen and oxygen atoms in total. The van der Waals surface area contributed by atoms with E-state index >= 15 is 0 Å². The summed E-state index contributed by atoms with van der Waals surface area (Å²) in [5, 5.41) is 19.6. The maximum atomic E-state index is 12.9. The average molecular weight is 1080 g/mol. The second-order valence-corrected chi connectivity index (χ2v) is 23.9. The summed E-state index contributed by atoms with van der Waals surface area (Å²) in [6.07, 6.45) is 15.0. The predicted octanol–water partition coefficient (Wildman–Crippen LogP) is 15.3. The highest BCUT2D eigenvalue weighted by atomic mass is 35.5. The summed E-state index contributed by atoms with van der Waals surface area (Å²) < 4.78 is 13.6. The number of halogens is 1. The van der Waals surface area contributed by atoms with Gasteiger partial charge in [-0.1, -0.05) is 145 Å². The largest absolute Gasteiger partial charge is 0.472 e. The number of ether oxygens (including phenoxy) is 1. The van der Waals surface area contributed by atoms with Crippen molar-refractivity contribution >= 4 is 51.5 Å². The van der Waals surface area contributed by atoms with Gasteiger partial charge in [-0.05, 0) is 161 Å². The number of carbonyl (C=O) groups excluding carboxylic acids is 2. The van der Waals surface area contributed by atoms with Crippen LogP contribution in [0, 0.1) is 17.8 Å². The van der Waals surface area contributed by atoms with Crippen LogP contribution in [-0.2, 0) is 15.0 Å². The Morgan fingerprint density at radius 1 is 0.947 bits per heavy atom. The van der Waals surface area contributed by atoms with Crippen LogP contribution in [0.4, 0.5) is 0 Å². The van der Waals surface area contributed by atoms with Gasteiger partial charge in [-0.15, -0.1) is 0 Å². The van der Waals surface area contributed by atoms with Gasteiger partial charge in [0.2, 0.25) is 12.3 Å². The summed E-state index contributed by atoms with van der Waals surface area (Å²) in [5.41, 5.74) is 7.65. The molecule has 3 aromatic carbocycles. The molecule has 76 heavy (non-hydrogen) atoms. The number of nitrogens with zero attached hydrogens (tertiary/aromatic N) is 4. The molecule has 1 saturated carbocycles. The second-order valence-electron chi connectivity index (χ2n) is 22.6. The highest BCUT2D eigenvalue weighted by molar-refractivity contribution is 8.10. The predicted molar refractivity (Wildman–Crippen MR) is 313 cm³/mol. The number of likely N-dealkylation sites (tertiary alicyclic amines) is 1. The molecule has 0 spiro atoms. The van der Waals surface area contributed by atoms with E-state index in [9.17, 15) is 19.5 Å². The maximum Gasteiger partial charge on any atom is 0.282 e. The molecular weight excluding hydrogens is 990 g/mol. The van der Waals surface area contributed by atoms with Crippen molar-refractivity contribution in [2.75, 3.05) is 13.1 Å². The number of hydrogen-bond acceptors (Lipinski definition) is 9. The molecule has 1 saturated heterocycles. The number of rotatable bonds is 19. The van der Waals surface area contributed by atoms with E-state index in [4.69, 9.17) is 20.9 Å². The van der Waals surface area contributed by atoms with Gasteiger partial charge in [-0.3, -0.25) is 19.0 Å². The lowest BCUT2D eigenvalue weighted by Crippen LogP contribution is -2.35. The van der Waals surface area contributed by atoms with Crippen LogP contribution in [0.5, 0.6) is 5.88 Å². The summed E-state index contributed by atoms with van der Waals surface area (Å²) >= 11 is 8.13. The first-order chi connectivity index (χ1) is 36.3. The fraction of sp³-hybridized carbons (Fsp3) is 0.540. The van der Waals surface area contributed by atoms with Gasteiger partial charge in [0.1, 0.15) is 17.8 Å². The first kappa shape index (κ1) is 60.1. The van der Waals surface area contributed by atoms with Gasteiger partial charge < -0.3 is 24.6 Å². The maximum absolute atomic E-state index is 12.9. The SMILES string of the molecule is CC/C=C/SC(=C(C)C)c1ccc([C@H](C)NC=O)cc1.CCC1CCC(Oc2cc([C@H](C(=O)N3CCC(O)C3)C(C)C)on2)CC1.CCCC(CCC(C)C)c1ccc2c(c1)C(C)(C)c1nc(=O)c3c(Cl)cccc3n1-2. The number of β-amino-alcohol motifs (C(OH)–C–C–N with tert-alkyl or cyclic N) is 1. The number of amides is 2. The average Bonchev–Trinajstić information content (AvgIpc) is 4.13. The molecule has 2 N–H and O–H groups in total. The van der Waals surface area contributed by atoms with Crippen LogP contribution in [0.2, 0.25) is 5.02 Å². The van der Waals surface area contributed by atoms with Crippen LogP contribution in [-0.4, -0.2) is 62.3 Å². The molecule has 2 amide bonds. The number of nitrogens with one attached hydrogen (secondary N) is 1. The second kappa shape index (κ2) is 27.9. The number of aliphatic hydroxyl groups is 1. The molecule has 5 aromatic rings. The third kappa shape index (κ3) is 14.9. The van der Waals surface area contributed by atoms with Crippen LogP contribution in [0.1, 0.15) is 205 Å². The smallest absolute Gasteiger partial charge is 0.282 e. The van der Waals surface area contributed by atoms with Gasteiger partial charge in [-0.25, -0.2) is 0 Å². The van der Waals surface area contributed by atoms with E-state index in [1.165, 1.54) is 72.1 Å². The van der Waals surface area contributed by atoms with Gasteiger partial charge in [-0.2, -0.15) is 4.98 Å². The van der Waals surface area contributed by atoms with Gasteiger partial charge in [0.05, 0.1) is 39.2 Å². The Kier molecular flexibility index (Phi) is 22.1. The molecule has 4 heterocycles. The number of allylic oxidation sites excluding steroid dienone is 2. The van der Waals surface area contributed by atoms with E-state index in [0.717, 1.165) is 54.2 Å². The van der Waals surface area contributed by atoms with E-state index in [0.29, 0.717) is 53.4 Å². The van der Waals surface area contributed by atoms with Crippen molar-refractivity contribution in [1.82, 2.24) is 24.9 Å². The zero-order valence-electron chi connectivity index (χ0n) is 47.5. The summed E-state index contributed by atoms with van der Waals surface area (Å²) in [7, 11) is 0. The van der Waals surface area contributed by atoms with Crippen molar-refractivity contribution in [2.24, 2.45) is 17.8 Å². The molecule has 13 heteroatoms. The minimum Gasteiger partial charge on any atom is -0.472 e. The lowest BCUT2D eigenvalue weighted by Gasteiger charge is -2.27. The molecule has 1 aliphatic carbocycles. The van der Waals surface area contributed by atoms with Crippen molar-refractivity contribution in [3.05, 3.63) is 133 Å². The molecule has 2 aromatic heterocycles. The minimum atomic E-state index is -0.418. The Balaban J connectivity index is 0.000000189. The summed E-state index contributed by atoms with van der Waals surface area (Å²) in [6, 6.07) is 22.7. The van der Waals surface area contributed by atoms with E-state index in [1.54, 1.807) is 28.8 Å². The van der Waals surface area contributed by atoms with E-state index in [2.05, 4.69) is 136 Å². The lowest BCUT2D eigenvalue weighted by atomic mass is 9.81. The normalized spacial score (nSPS) is 18.8. The quantitative estimate of drug-likeness (QED) is 0.0774. The van der Waals surface area contributed by atoms with Crippen LogP contribution in [0.25, 0.3) is 21.5 Å². The molecule has 0 radical (unpaired) electrons. The molecule has 4 atom stereocenters. The standard InChI is InChI=1S/C26H31ClN2O.C20H32N2O4.C17H23NOS/c1-6-8-17(12-11-16(2)3)18-13-14-21-19(15-18)26(4,5)25-28-24(30)23-20(27)9-7-10-22(23)29(21)25;1-4-14-5-7-16(8-6-14)25-18-11-17(26-21-18)19(13(2)3)20(24)22-10-9-15(23)12-22;1-5-6-11-20-17(13(2)3)16-9-7-15(8-10-16)14(4)18-12-19/h7,9-10,13-17H,6,8,11-12H2,1-5H3;11,13-16,19,23H,4-10,12H2,1-3H3;6-12,14H,5H2,1-4H3,(H,18,19)/b;;11-6+/t;14?,15?,16?,19-;14-/m.10/s1. The van der Waals surface area contributed by atoms with E-state index in [-0.39, 0.29) is 40.9 Å². The zero-order valence-corrected chi connectivity index (χ0v) is 49.0. The number of carbonyl (C=O) groups is 2. The number of thioether (sulfide) groups is 1. The highest BCUT2D eigenvalue weighted by Gasteiger charge is 2.40. The van der Waals surface area contributed by atoms with Gasteiger partial charge in [0, 0.05) is 24.1 Å². The first-order valence-electron chi connectivity index (χ1n) is 28.1. The molecule has 2 aliphatic heterocycles. The topological polar surface area (TPSA) is 140 Å². The van der Waals surface area contributed by atoms with Crippen LogP contribution in [0.15, 0.2) is 93.1 Å². The molecule has 2 fully saturated rings. The monoisotopic (exact) mass is 1080 g/mol. The third-order valence-electron chi connectivity index (χ3n) is 15.4. The highest BCUT2D eigenvalue weighted by Crippen LogP contribution is 2.45. The minimum absolute atomic E-state index is 0.00250. The molecule has 8 rings (SSSR count). The first-order valence-corrected chi connectivity index (χ1v) is 29.3. The summed E-state index contributed by atoms with van der Waals surface area (Å²) in [6.45, 7) is 26.8. The fourth-order valence-corrected chi connectivity index (χ4v) is 12.0. The van der Waals surface area contributed by atoms with Crippen LogP contribution >= 0.6 is 23.4 Å². The van der Waals surface area contributed by atoms with Gasteiger partial charge in [0.15, 0.2) is 5.76 Å². The van der Waals surface area contributed by atoms with Crippen molar-refractivity contribution in [3.63, 3.8) is 0 Å². The molecule has 2 unspecified atom stereocenters. The Bertz CT molecular complexity index is 2820. The Labute approximate surface area is 462 Å². The summed E-state index contributed by atoms with van der Waals surface area (Å²) in [4.78, 5) is 43.7. The third-order valence-corrected chi connectivity index (χ3v) is 16.9. The number of benzene rings is 3. The van der Waals surface area contributed by atoms with Crippen molar-refractivity contribution in [2.45, 2.75) is 189 Å². The van der Waals surface area contributed by atoms with E-state index in [1.807, 2.05) is 32.9 Å². The van der Waals surface area contributed by atoms with Crippen molar-refractivity contribution in [3.8, 4) is 11.6 Å². The molecule has 412 valence electrons. The number of aromatic nitrogens is 3. The van der Waals surface area contributed by atoms with Gasteiger partial charge >= 0.3 is 0 Å². The van der Waals surface area contributed by atoms with Crippen molar-refractivity contribution < 1.29 is 24.0 Å². The number of hydrogen-bond donors (Lipinski definition) is 2. The summed E-state index contributed by atoms with van der Waals surface area (Å²) in [5.74, 6) is 3.64. The van der Waals surface area contributed by atoms with Crippen LogP contribution < -0.4 is 15.6 Å². The Hall–Kier alpha value is -5.17. The molecule has 3 aliphatic rings. The lowest BCUT2D eigenvalue weighted by molar-refractivity contribution is -0.133. The molecule has 0 bridgehead atoms. The Morgan fingerprint density at radius 2 is 1.66 bits per heavy atom. The fourth-order valence-electron chi connectivity index (χ4n) is 10.9. The zero-order chi connectivity index (χ0) is 55.3. The van der Waals surface area contributed by atoms with E-state index < -0.39 is 6.10 Å². The van der Waals surface area contributed by atoms with Crippen LogP contribution in [0.3, 0.4) is 0 Å². The number of aliphatic hydroxyl groups excluding tert-OH is 1. The number of fused-ring (bicyclic) bond motifs is 5. The van der Waals surface area contributed by atoms with Gasteiger partial charge in [0.25, 0.3) is 11.4 Å². The van der Waals surface area contributed by atoms with Crippen molar-refractivity contribution in [1.29, 1.82) is 0 Å².